The summed E-state index contributed by atoms with van der Waals surface area (Å²) in [6, 6.07) is 0. The van der Waals surface area contributed by atoms with E-state index in [9.17, 15) is 9.59 Å². The monoisotopic (exact) mass is 157 g/mol. The van der Waals surface area contributed by atoms with Crippen LogP contribution in [0.3, 0.4) is 0 Å². The summed E-state index contributed by atoms with van der Waals surface area (Å²) in [5, 5.41) is 0. The highest BCUT2D eigenvalue weighted by atomic mass is 16.2. The van der Waals surface area contributed by atoms with Crippen LogP contribution in [0.1, 0.15) is 19.3 Å². The number of rotatable bonds is 4. The van der Waals surface area contributed by atoms with E-state index >= 15 is 0 Å². The highest BCUT2D eigenvalue weighted by Gasteiger charge is 2.03. The van der Waals surface area contributed by atoms with Crippen LogP contribution in [0.5, 0.6) is 0 Å². The van der Waals surface area contributed by atoms with Crippen molar-refractivity contribution in [2.24, 2.45) is 0 Å². The van der Waals surface area contributed by atoms with Crippen LogP contribution in [-0.2, 0) is 9.59 Å². The number of nitrogens with one attached hydrogen (secondary N) is 1. The van der Waals surface area contributed by atoms with Crippen molar-refractivity contribution in [1.29, 1.82) is 0 Å². The summed E-state index contributed by atoms with van der Waals surface area (Å²) in [5.74, 6) is -0.595. The van der Waals surface area contributed by atoms with E-state index < -0.39 is 5.91 Å². The molecule has 4 heteroatoms. The molecule has 0 unspecified atom stereocenters. The Balaban J connectivity index is 3.39. The van der Waals surface area contributed by atoms with E-state index in [2.05, 4.69) is 0 Å². The number of hydrogen-bond acceptors (Lipinski definition) is 2. The van der Waals surface area contributed by atoms with Crippen molar-refractivity contribution in [2.45, 2.75) is 19.3 Å². The van der Waals surface area contributed by atoms with Crippen LogP contribution < -0.4 is 5.73 Å². The third kappa shape index (κ3) is 5.39. The molecule has 0 heterocycles. The summed E-state index contributed by atoms with van der Waals surface area (Å²) >= 11 is 0. The Bertz CT molecular complexity index is 155. The smallest absolute Gasteiger partial charge is 0.238 e. The zero-order valence-corrected chi connectivity index (χ0v) is 6.89. The molecular formula is C7H13N2O2. The largest absolute Gasteiger partial charge is 0.349 e. The lowest BCUT2D eigenvalue weighted by Crippen LogP contribution is -2.21. The number of carbonyl (C=O) groups excluding carboxylic acids is 2. The van der Waals surface area contributed by atoms with Gasteiger partial charge in [-0.05, 0) is 6.42 Å². The third-order valence-corrected chi connectivity index (χ3v) is 1.29. The van der Waals surface area contributed by atoms with Crippen LogP contribution in [0.4, 0.5) is 0 Å². The number of nitrogens with zero attached hydrogens (tertiary/aromatic N) is 1. The van der Waals surface area contributed by atoms with Crippen LogP contribution in [-0.4, -0.2) is 30.8 Å². The highest BCUT2D eigenvalue weighted by Crippen LogP contribution is 1.97. The van der Waals surface area contributed by atoms with Crippen LogP contribution in [0.25, 0.3) is 0 Å². The predicted octanol–water partition coefficient (Wildman–Crippen LogP) is 0.0544. The van der Waals surface area contributed by atoms with Gasteiger partial charge in [-0.2, -0.15) is 0 Å². The Morgan fingerprint density at radius 2 is 1.82 bits per heavy atom. The van der Waals surface area contributed by atoms with Gasteiger partial charge in [0.2, 0.25) is 11.8 Å². The molecule has 0 aromatic carbocycles. The molecule has 0 aliphatic carbocycles. The van der Waals surface area contributed by atoms with Crippen molar-refractivity contribution in [1.82, 2.24) is 10.6 Å². The first kappa shape index (κ1) is 9.94. The third-order valence-electron chi connectivity index (χ3n) is 1.29. The van der Waals surface area contributed by atoms with Crippen molar-refractivity contribution >= 4 is 11.8 Å². The van der Waals surface area contributed by atoms with Crippen LogP contribution >= 0.6 is 0 Å². The maximum atomic E-state index is 10.9. The molecule has 0 aromatic rings. The molecule has 0 aliphatic heterocycles. The Kier molecular flexibility index (Phi) is 4.26. The molecule has 0 saturated heterocycles. The van der Waals surface area contributed by atoms with E-state index in [0.717, 1.165) is 0 Å². The fourth-order valence-electron chi connectivity index (χ4n) is 0.624. The molecule has 11 heavy (non-hydrogen) atoms. The molecular weight excluding hydrogens is 144 g/mol. The molecule has 2 amide bonds. The molecule has 1 N–H and O–H groups in total. The quantitative estimate of drug-likeness (QED) is 0.579. The molecule has 0 aliphatic rings. The molecule has 0 bridgehead atoms. The summed E-state index contributed by atoms with van der Waals surface area (Å²) in [6.45, 7) is 0. The average molecular weight is 157 g/mol. The van der Waals surface area contributed by atoms with Gasteiger partial charge in [0, 0.05) is 26.9 Å². The molecule has 4 nitrogen and oxygen atoms in total. The van der Waals surface area contributed by atoms with E-state index in [-0.39, 0.29) is 12.3 Å². The normalized spacial score (nSPS) is 9.27. The van der Waals surface area contributed by atoms with Gasteiger partial charge in [0.15, 0.2) is 0 Å². The minimum absolute atomic E-state index is 0.00579. The van der Waals surface area contributed by atoms with Gasteiger partial charge in [-0.1, -0.05) is 0 Å². The second-order valence-corrected chi connectivity index (χ2v) is 2.56. The molecule has 0 spiro atoms. The summed E-state index contributed by atoms with van der Waals surface area (Å²) in [6.07, 6.45) is 1.02. The van der Waals surface area contributed by atoms with E-state index in [1.165, 1.54) is 4.90 Å². The summed E-state index contributed by atoms with van der Waals surface area (Å²) in [5.41, 5.74) is 6.57. The zero-order valence-electron chi connectivity index (χ0n) is 6.89. The van der Waals surface area contributed by atoms with E-state index in [1.807, 2.05) is 0 Å². The number of hydrogen-bond donors (Lipinski definition) is 0. The first-order valence-electron chi connectivity index (χ1n) is 3.48. The van der Waals surface area contributed by atoms with Crippen LogP contribution in [0, 0.1) is 0 Å². The molecule has 1 radical (unpaired) electrons. The molecule has 0 rings (SSSR count). The lowest BCUT2D eigenvalue weighted by atomic mass is 10.2. The van der Waals surface area contributed by atoms with E-state index in [4.69, 9.17) is 5.73 Å². The van der Waals surface area contributed by atoms with Gasteiger partial charge < -0.3 is 4.90 Å². The van der Waals surface area contributed by atoms with Gasteiger partial charge in [0.1, 0.15) is 0 Å². The maximum Gasteiger partial charge on any atom is 0.238 e. The lowest BCUT2D eigenvalue weighted by Gasteiger charge is -2.08. The second kappa shape index (κ2) is 4.71. The number of amides is 2. The SMILES string of the molecule is CN(C)C(=O)CCCC([NH])=O. The molecule has 63 valence electrons. The maximum absolute atomic E-state index is 10.9. The van der Waals surface area contributed by atoms with Crippen LogP contribution in [0.2, 0.25) is 0 Å². The topological polar surface area (TPSA) is 61.2 Å². The van der Waals surface area contributed by atoms with Crippen molar-refractivity contribution in [2.75, 3.05) is 14.1 Å². The highest BCUT2D eigenvalue weighted by molar-refractivity contribution is 5.77. The fraction of sp³-hybridized carbons (Fsp3) is 0.714. The van der Waals surface area contributed by atoms with Crippen molar-refractivity contribution in [3.05, 3.63) is 0 Å². The van der Waals surface area contributed by atoms with Gasteiger partial charge in [0.25, 0.3) is 0 Å². The van der Waals surface area contributed by atoms with Gasteiger partial charge in [0.05, 0.1) is 0 Å². The minimum Gasteiger partial charge on any atom is -0.349 e. The average Bonchev–Trinajstić information content (AvgIpc) is 1.86. The van der Waals surface area contributed by atoms with E-state index in [1.54, 1.807) is 14.1 Å². The minimum atomic E-state index is -0.600. The van der Waals surface area contributed by atoms with Gasteiger partial charge in [-0.25, -0.2) is 0 Å². The molecule has 0 aromatic heterocycles. The summed E-state index contributed by atoms with van der Waals surface area (Å²) < 4.78 is 0. The predicted molar refractivity (Wildman–Crippen MR) is 40.6 cm³/mol. The van der Waals surface area contributed by atoms with Crippen LogP contribution in [0.15, 0.2) is 0 Å². The molecule has 0 fully saturated rings. The summed E-state index contributed by atoms with van der Waals surface area (Å²) in [7, 11) is 3.34. The second-order valence-electron chi connectivity index (χ2n) is 2.56. The Morgan fingerprint density at radius 3 is 2.18 bits per heavy atom. The first-order chi connectivity index (χ1) is 5.04. The zero-order chi connectivity index (χ0) is 8.85. The first-order valence-corrected chi connectivity index (χ1v) is 3.48. The molecule has 0 saturated carbocycles. The van der Waals surface area contributed by atoms with Crippen molar-refractivity contribution in [3.63, 3.8) is 0 Å². The Labute approximate surface area is 66.4 Å². The Morgan fingerprint density at radius 1 is 1.27 bits per heavy atom. The summed E-state index contributed by atoms with van der Waals surface area (Å²) in [4.78, 5) is 22.5. The number of carbonyl (C=O) groups is 2. The van der Waals surface area contributed by atoms with Gasteiger partial charge in [-0.3, -0.25) is 15.3 Å². The van der Waals surface area contributed by atoms with Gasteiger partial charge >= 0.3 is 0 Å². The Hall–Kier alpha value is -1.06. The van der Waals surface area contributed by atoms with Gasteiger partial charge in [-0.15, -0.1) is 0 Å². The van der Waals surface area contributed by atoms with E-state index in [0.29, 0.717) is 12.8 Å². The lowest BCUT2D eigenvalue weighted by molar-refractivity contribution is -0.128. The molecule has 0 atom stereocenters. The van der Waals surface area contributed by atoms with Crippen molar-refractivity contribution < 1.29 is 9.59 Å². The standard InChI is InChI=1S/C7H13N2O2/c1-9(2)7(11)5-3-4-6(8)10/h8H,3-5H2,1-2H3. The fourth-order valence-corrected chi connectivity index (χ4v) is 0.624. The van der Waals surface area contributed by atoms with Crippen molar-refractivity contribution in [3.8, 4) is 0 Å².